The maximum atomic E-state index is 12.5. The summed E-state index contributed by atoms with van der Waals surface area (Å²) in [6.45, 7) is 9.00. The molecule has 0 spiro atoms. The van der Waals surface area contributed by atoms with Gasteiger partial charge >= 0.3 is 5.97 Å². The molecule has 7 nitrogen and oxygen atoms in total. The molecule has 0 N–H and O–H groups in total. The Balaban J connectivity index is 2.18. The van der Waals surface area contributed by atoms with Crippen LogP contribution in [0.1, 0.15) is 38.2 Å². The number of nitrogens with zero attached hydrogens (tertiary/aromatic N) is 3. The molecule has 2 aromatic rings. The molecule has 0 bridgehead atoms. The molecule has 0 fully saturated rings. The number of fused-ring (bicyclic) bond motifs is 1. The Bertz CT molecular complexity index is 876. The van der Waals surface area contributed by atoms with Crippen molar-refractivity contribution in [2.24, 2.45) is 18.9 Å². The number of carbonyl (C=O) groups excluding carboxylic acids is 2. The number of carbonyl (C=O) groups is 2. The largest absolute Gasteiger partial charge is 0.451 e. The molecule has 1 amide bonds. The summed E-state index contributed by atoms with van der Waals surface area (Å²) in [7, 11) is 1.48. The van der Waals surface area contributed by atoms with Crippen molar-refractivity contribution in [2.45, 2.75) is 27.7 Å². The first-order valence-corrected chi connectivity index (χ1v) is 9.11. The number of ether oxygens (including phenoxy) is 1. The third-order valence-corrected chi connectivity index (χ3v) is 4.00. The summed E-state index contributed by atoms with van der Waals surface area (Å²) in [6.07, 6.45) is 0. The topological polar surface area (TPSA) is 81.5 Å². The van der Waals surface area contributed by atoms with Crippen LogP contribution in [0.15, 0.2) is 29.1 Å². The second-order valence-corrected chi connectivity index (χ2v) is 7.49. The van der Waals surface area contributed by atoms with Crippen LogP contribution in [0.25, 0.3) is 10.8 Å². The van der Waals surface area contributed by atoms with E-state index in [1.54, 1.807) is 29.2 Å². The second kappa shape index (κ2) is 8.79. The number of hydrogen-bond donors (Lipinski definition) is 0. The quantitative estimate of drug-likeness (QED) is 0.695. The van der Waals surface area contributed by atoms with Gasteiger partial charge in [-0.15, -0.1) is 0 Å². The average Bonchev–Trinajstić information content (AvgIpc) is 2.61. The van der Waals surface area contributed by atoms with Crippen LogP contribution in [0.3, 0.4) is 0 Å². The number of aryl methyl sites for hydroxylation is 1. The summed E-state index contributed by atoms with van der Waals surface area (Å²) in [5.41, 5.74) is -0.266. The fraction of sp³-hybridized carbons (Fsp3) is 0.500. The molecule has 1 aromatic heterocycles. The van der Waals surface area contributed by atoms with Crippen LogP contribution in [-0.4, -0.2) is 46.3 Å². The normalized spacial score (nSPS) is 11.2. The Morgan fingerprint density at radius 3 is 2.19 bits per heavy atom. The molecule has 146 valence electrons. The van der Waals surface area contributed by atoms with Crippen LogP contribution in [0.5, 0.6) is 0 Å². The van der Waals surface area contributed by atoms with Gasteiger partial charge in [0.05, 0.1) is 5.39 Å². The Kier molecular flexibility index (Phi) is 6.71. The van der Waals surface area contributed by atoms with Gasteiger partial charge in [-0.05, 0) is 17.9 Å². The van der Waals surface area contributed by atoms with Gasteiger partial charge in [-0.3, -0.25) is 9.59 Å². The molecule has 0 aliphatic carbocycles. The fourth-order valence-corrected chi connectivity index (χ4v) is 2.90. The lowest BCUT2D eigenvalue weighted by Crippen LogP contribution is -2.39. The summed E-state index contributed by atoms with van der Waals surface area (Å²) in [5.74, 6) is -0.320. The van der Waals surface area contributed by atoms with E-state index in [9.17, 15) is 14.4 Å². The summed E-state index contributed by atoms with van der Waals surface area (Å²) < 4.78 is 6.33. The number of hydrogen-bond acceptors (Lipinski definition) is 5. The Labute approximate surface area is 158 Å². The highest BCUT2D eigenvalue weighted by molar-refractivity contribution is 6.02. The van der Waals surface area contributed by atoms with Crippen molar-refractivity contribution in [3.8, 4) is 0 Å². The number of aromatic nitrogens is 2. The van der Waals surface area contributed by atoms with Crippen molar-refractivity contribution in [1.82, 2.24) is 14.7 Å². The van der Waals surface area contributed by atoms with Crippen molar-refractivity contribution >= 4 is 22.6 Å². The van der Waals surface area contributed by atoms with Crippen LogP contribution in [0, 0.1) is 11.8 Å². The van der Waals surface area contributed by atoms with Crippen molar-refractivity contribution in [3.63, 3.8) is 0 Å². The lowest BCUT2D eigenvalue weighted by molar-refractivity contribution is -0.135. The predicted molar refractivity (Wildman–Crippen MR) is 104 cm³/mol. The highest BCUT2D eigenvalue weighted by Gasteiger charge is 2.21. The minimum atomic E-state index is -0.718. The van der Waals surface area contributed by atoms with Gasteiger partial charge in [-0.1, -0.05) is 45.9 Å². The van der Waals surface area contributed by atoms with Crippen LogP contribution < -0.4 is 5.56 Å². The van der Waals surface area contributed by atoms with Crippen LogP contribution in [0.2, 0.25) is 0 Å². The zero-order chi connectivity index (χ0) is 20.1. The van der Waals surface area contributed by atoms with Gasteiger partial charge in [0, 0.05) is 25.5 Å². The van der Waals surface area contributed by atoms with Gasteiger partial charge in [0.2, 0.25) is 0 Å². The number of benzene rings is 1. The van der Waals surface area contributed by atoms with Crippen molar-refractivity contribution in [3.05, 3.63) is 40.3 Å². The SMILES string of the molecule is CC(C)CN(CC(C)C)C(=O)COC(=O)c1nn(C)c(=O)c2ccccc12. The lowest BCUT2D eigenvalue weighted by atomic mass is 10.1. The van der Waals surface area contributed by atoms with Gasteiger partial charge in [-0.25, -0.2) is 9.48 Å². The molecule has 2 rings (SSSR count). The zero-order valence-electron chi connectivity index (χ0n) is 16.6. The Morgan fingerprint density at radius 1 is 1.07 bits per heavy atom. The van der Waals surface area contributed by atoms with Gasteiger partial charge in [0.15, 0.2) is 12.3 Å². The summed E-state index contributed by atoms with van der Waals surface area (Å²) in [5, 5.41) is 4.82. The molecule has 1 heterocycles. The van der Waals surface area contributed by atoms with Crippen LogP contribution in [-0.2, 0) is 16.6 Å². The standard InChI is InChI=1S/C20H27N3O4/c1-13(2)10-23(11-14(3)4)17(24)12-27-20(26)18-15-8-6-7-9-16(15)19(25)22(5)21-18/h6-9,13-14H,10-12H2,1-5H3. The van der Waals surface area contributed by atoms with Crippen molar-refractivity contribution in [2.75, 3.05) is 19.7 Å². The molecular formula is C20H27N3O4. The van der Waals surface area contributed by atoms with E-state index in [0.717, 1.165) is 4.68 Å². The lowest BCUT2D eigenvalue weighted by Gasteiger charge is -2.26. The number of amides is 1. The monoisotopic (exact) mass is 373 g/mol. The summed E-state index contributed by atoms with van der Waals surface area (Å²) >= 11 is 0. The molecule has 27 heavy (non-hydrogen) atoms. The molecule has 0 saturated carbocycles. The first-order valence-electron chi connectivity index (χ1n) is 9.11. The van der Waals surface area contributed by atoms with E-state index in [-0.39, 0.29) is 23.8 Å². The minimum absolute atomic E-state index is 0.0276. The minimum Gasteiger partial charge on any atom is -0.451 e. The van der Waals surface area contributed by atoms with E-state index < -0.39 is 5.97 Å². The highest BCUT2D eigenvalue weighted by Crippen LogP contribution is 2.14. The molecule has 0 atom stereocenters. The third kappa shape index (κ3) is 5.15. The number of esters is 1. The van der Waals surface area contributed by atoms with E-state index in [4.69, 9.17) is 4.74 Å². The van der Waals surface area contributed by atoms with E-state index in [2.05, 4.69) is 5.10 Å². The van der Waals surface area contributed by atoms with Crippen molar-refractivity contribution in [1.29, 1.82) is 0 Å². The first kappa shape index (κ1) is 20.6. The van der Waals surface area contributed by atoms with Gasteiger partial charge in [0.25, 0.3) is 11.5 Å². The smallest absolute Gasteiger partial charge is 0.359 e. The van der Waals surface area contributed by atoms with Gasteiger partial charge in [-0.2, -0.15) is 5.10 Å². The molecule has 7 heteroatoms. The molecule has 0 aliphatic heterocycles. The Hall–Kier alpha value is -2.70. The second-order valence-electron chi connectivity index (χ2n) is 7.49. The average molecular weight is 373 g/mol. The van der Waals surface area contributed by atoms with Crippen molar-refractivity contribution < 1.29 is 14.3 Å². The molecule has 0 radical (unpaired) electrons. The molecule has 0 aliphatic rings. The summed E-state index contributed by atoms with van der Waals surface area (Å²) in [6, 6.07) is 6.72. The van der Waals surface area contributed by atoms with E-state index >= 15 is 0 Å². The van der Waals surface area contributed by atoms with Gasteiger partial charge in [0.1, 0.15) is 0 Å². The maximum Gasteiger partial charge on any atom is 0.359 e. The molecular weight excluding hydrogens is 346 g/mol. The maximum absolute atomic E-state index is 12.5. The van der Waals surface area contributed by atoms with E-state index in [1.165, 1.54) is 7.05 Å². The number of rotatable bonds is 7. The van der Waals surface area contributed by atoms with Crippen LogP contribution in [0.4, 0.5) is 0 Å². The third-order valence-electron chi connectivity index (χ3n) is 4.00. The Morgan fingerprint density at radius 2 is 1.63 bits per heavy atom. The predicted octanol–water partition coefficient (Wildman–Crippen LogP) is 2.23. The van der Waals surface area contributed by atoms with E-state index in [1.807, 2.05) is 27.7 Å². The van der Waals surface area contributed by atoms with Gasteiger partial charge < -0.3 is 9.64 Å². The first-order chi connectivity index (χ1) is 12.7. The zero-order valence-corrected chi connectivity index (χ0v) is 16.6. The van der Waals surface area contributed by atoms with Crippen LogP contribution >= 0.6 is 0 Å². The molecule has 0 saturated heterocycles. The molecule has 0 unspecified atom stereocenters. The summed E-state index contributed by atoms with van der Waals surface area (Å²) in [4.78, 5) is 38.9. The fourth-order valence-electron chi connectivity index (χ4n) is 2.90. The molecule has 1 aromatic carbocycles. The highest BCUT2D eigenvalue weighted by atomic mass is 16.5. The van der Waals surface area contributed by atoms with E-state index in [0.29, 0.717) is 35.7 Å².